The molecule has 2 rings (SSSR count). The Morgan fingerprint density at radius 2 is 1.90 bits per heavy atom. The number of nitrogens with zero attached hydrogens (tertiary/aromatic N) is 2. The quantitative estimate of drug-likeness (QED) is 0.726. The van der Waals surface area contributed by atoms with Gasteiger partial charge in [-0.05, 0) is 36.5 Å². The third-order valence-electron chi connectivity index (χ3n) is 3.67. The number of aromatic nitrogens is 2. The normalized spacial score (nSPS) is 11.8. The van der Waals surface area contributed by atoms with E-state index in [1.165, 1.54) is 5.56 Å². The van der Waals surface area contributed by atoms with Gasteiger partial charge in [0.05, 0.1) is 5.69 Å². The van der Waals surface area contributed by atoms with Gasteiger partial charge in [0, 0.05) is 17.9 Å². The molecule has 0 aliphatic rings. The van der Waals surface area contributed by atoms with Crippen molar-refractivity contribution in [1.82, 2.24) is 9.78 Å². The number of alkyl halides is 1. The molecular weight excluding hydrogens is 328 g/mol. The van der Waals surface area contributed by atoms with Gasteiger partial charge in [-0.15, -0.1) is 0 Å². The standard InChI is InChI=1S/C17H23BrN2O/c1-11-9-13(17(3,4)5)7-8-15(11)21-16-14(10-18)12(2)19-20(16)6/h7-9H,10H2,1-6H3. The van der Waals surface area contributed by atoms with Gasteiger partial charge in [0.1, 0.15) is 5.75 Å². The summed E-state index contributed by atoms with van der Waals surface area (Å²) in [6.45, 7) is 10.7. The molecule has 0 saturated carbocycles. The first-order chi connectivity index (χ1) is 9.74. The van der Waals surface area contributed by atoms with Crippen LogP contribution in [0.3, 0.4) is 0 Å². The summed E-state index contributed by atoms with van der Waals surface area (Å²) < 4.78 is 7.92. The highest BCUT2D eigenvalue weighted by Crippen LogP contribution is 2.33. The Kier molecular flexibility index (Phi) is 4.47. The molecule has 1 aromatic carbocycles. The van der Waals surface area contributed by atoms with Crippen LogP contribution >= 0.6 is 15.9 Å². The summed E-state index contributed by atoms with van der Waals surface area (Å²) >= 11 is 3.51. The van der Waals surface area contributed by atoms with E-state index in [9.17, 15) is 0 Å². The molecule has 114 valence electrons. The Bertz CT molecular complexity index is 654. The number of halogens is 1. The number of benzene rings is 1. The van der Waals surface area contributed by atoms with Gasteiger partial charge in [-0.3, -0.25) is 0 Å². The third kappa shape index (κ3) is 3.31. The predicted molar refractivity (Wildman–Crippen MR) is 90.5 cm³/mol. The largest absolute Gasteiger partial charge is 0.439 e. The summed E-state index contributed by atoms with van der Waals surface area (Å²) in [5.74, 6) is 1.68. The van der Waals surface area contributed by atoms with Crippen molar-refractivity contribution in [2.75, 3.05) is 0 Å². The Labute approximate surface area is 135 Å². The first kappa shape index (κ1) is 16.1. The maximum Gasteiger partial charge on any atom is 0.221 e. The lowest BCUT2D eigenvalue weighted by Crippen LogP contribution is -2.11. The summed E-state index contributed by atoms with van der Waals surface area (Å²) in [5, 5.41) is 5.16. The van der Waals surface area contributed by atoms with Gasteiger partial charge < -0.3 is 4.74 Å². The molecule has 0 amide bonds. The van der Waals surface area contributed by atoms with Crippen molar-refractivity contribution >= 4 is 15.9 Å². The van der Waals surface area contributed by atoms with Crippen LogP contribution in [0.5, 0.6) is 11.6 Å². The first-order valence-corrected chi connectivity index (χ1v) is 8.23. The number of rotatable bonds is 3. The molecule has 4 heteroatoms. The van der Waals surface area contributed by atoms with E-state index in [1.807, 2.05) is 14.0 Å². The van der Waals surface area contributed by atoms with Gasteiger partial charge in [0.2, 0.25) is 5.88 Å². The molecule has 0 fully saturated rings. The van der Waals surface area contributed by atoms with Gasteiger partial charge in [-0.2, -0.15) is 5.10 Å². The predicted octanol–water partition coefficient (Wildman–Crippen LogP) is 5.02. The molecule has 1 aromatic heterocycles. The van der Waals surface area contributed by atoms with Crippen molar-refractivity contribution in [2.24, 2.45) is 7.05 Å². The van der Waals surface area contributed by atoms with Crippen LogP contribution < -0.4 is 4.74 Å². The van der Waals surface area contributed by atoms with Gasteiger partial charge in [0.15, 0.2) is 0 Å². The lowest BCUT2D eigenvalue weighted by molar-refractivity contribution is 0.424. The zero-order valence-corrected chi connectivity index (χ0v) is 15.2. The van der Waals surface area contributed by atoms with Crippen LogP contribution in [0.25, 0.3) is 0 Å². The molecule has 0 bridgehead atoms. The highest BCUT2D eigenvalue weighted by molar-refractivity contribution is 9.08. The van der Waals surface area contributed by atoms with E-state index in [2.05, 4.69) is 66.9 Å². The molecule has 0 spiro atoms. The van der Waals surface area contributed by atoms with E-state index in [4.69, 9.17) is 4.74 Å². The lowest BCUT2D eigenvalue weighted by atomic mass is 9.86. The van der Waals surface area contributed by atoms with Crippen LogP contribution in [0.1, 0.15) is 43.2 Å². The second-order valence-corrected chi connectivity index (χ2v) is 7.02. The Morgan fingerprint density at radius 3 is 2.43 bits per heavy atom. The van der Waals surface area contributed by atoms with Crippen molar-refractivity contribution in [3.05, 3.63) is 40.6 Å². The maximum absolute atomic E-state index is 6.12. The molecule has 0 radical (unpaired) electrons. The third-order valence-corrected chi connectivity index (χ3v) is 4.23. The molecule has 0 N–H and O–H groups in total. The molecule has 0 unspecified atom stereocenters. The van der Waals surface area contributed by atoms with Crippen LogP contribution in [0.4, 0.5) is 0 Å². The van der Waals surface area contributed by atoms with Crippen LogP contribution in [0, 0.1) is 13.8 Å². The second-order valence-electron chi connectivity index (χ2n) is 6.46. The summed E-state index contributed by atoms with van der Waals surface area (Å²) in [6.07, 6.45) is 0. The fourth-order valence-corrected chi connectivity index (χ4v) is 2.94. The fraction of sp³-hybridized carbons (Fsp3) is 0.471. The minimum Gasteiger partial charge on any atom is -0.439 e. The molecule has 3 nitrogen and oxygen atoms in total. The molecule has 0 atom stereocenters. The van der Waals surface area contributed by atoms with E-state index in [0.29, 0.717) is 0 Å². The molecule has 1 heterocycles. The van der Waals surface area contributed by atoms with Gasteiger partial charge >= 0.3 is 0 Å². The smallest absolute Gasteiger partial charge is 0.221 e. The first-order valence-electron chi connectivity index (χ1n) is 7.11. The molecule has 0 aliphatic heterocycles. The average Bonchev–Trinajstić information content (AvgIpc) is 2.64. The molecule has 0 saturated heterocycles. The number of hydrogen-bond donors (Lipinski definition) is 0. The second kappa shape index (κ2) is 5.84. The number of hydrogen-bond acceptors (Lipinski definition) is 2. The molecule has 21 heavy (non-hydrogen) atoms. The Hall–Kier alpha value is -1.29. The zero-order chi connectivity index (χ0) is 15.8. The van der Waals surface area contributed by atoms with Crippen molar-refractivity contribution in [1.29, 1.82) is 0 Å². The summed E-state index contributed by atoms with van der Waals surface area (Å²) in [5.41, 5.74) is 4.69. The van der Waals surface area contributed by atoms with Crippen LogP contribution in [0.2, 0.25) is 0 Å². The van der Waals surface area contributed by atoms with E-state index >= 15 is 0 Å². The topological polar surface area (TPSA) is 27.1 Å². The maximum atomic E-state index is 6.12. The number of ether oxygens (including phenoxy) is 1. The molecule has 2 aromatic rings. The van der Waals surface area contributed by atoms with Crippen LogP contribution in [0.15, 0.2) is 18.2 Å². The monoisotopic (exact) mass is 350 g/mol. The van der Waals surface area contributed by atoms with E-state index in [1.54, 1.807) is 4.68 Å². The SMILES string of the molecule is Cc1cc(C(C)(C)C)ccc1Oc1c(CBr)c(C)nn1C. The van der Waals surface area contributed by atoms with Gasteiger partial charge in [-0.25, -0.2) is 4.68 Å². The summed E-state index contributed by atoms with van der Waals surface area (Å²) in [4.78, 5) is 0. The highest BCUT2D eigenvalue weighted by Gasteiger charge is 2.18. The van der Waals surface area contributed by atoms with E-state index in [-0.39, 0.29) is 5.41 Å². The van der Waals surface area contributed by atoms with Gasteiger partial charge in [0.25, 0.3) is 0 Å². The van der Waals surface area contributed by atoms with Crippen molar-refractivity contribution < 1.29 is 4.74 Å². The minimum absolute atomic E-state index is 0.146. The summed E-state index contributed by atoms with van der Waals surface area (Å²) in [7, 11) is 1.91. The molecule has 0 aliphatic carbocycles. The van der Waals surface area contributed by atoms with Crippen molar-refractivity contribution in [3.8, 4) is 11.6 Å². The fourth-order valence-electron chi connectivity index (χ4n) is 2.30. The highest BCUT2D eigenvalue weighted by atomic mass is 79.9. The van der Waals surface area contributed by atoms with E-state index in [0.717, 1.165) is 33.8 Å². The summed E-state index contributed by atoms with van der Waals surface area (Å²) in [6, 6.07) is 6.39. The Morgan fingerprint density at radius 1 is 1.24 bits per heavy atom. The minimum atomic E-state index is 0.146. The average molecular weight is 351 g/mol. The zero-order valence-electron chi connectivity index (χ0n) is 13.6. The van der Waals surface area contributed by atoms with Gasteiger partial charge in [-0.1, -0.05) is 48.8 Å². The molecular formula is C17H23BrN2O. The van der Waals surface area contributed by atoms with Crippen molar-refractivity contribution in [2.45, 2.75) is 45.4 Å². The van der Waals surface area contributed by atoms with E-state index < -0.39 is 0 Å². The lowest BCUT2D eigenvalue weighted by Gasteiger charge is -2.20. The Balaban J connectivity index is 2.37. The number of aryl methyl sites for hydroxylation is 3. The van der Waals surface area contributed by atoms with Crippen LogP contribution in [-0.4, -0.2) is 9.78 Å². The van der Waals surface area contributed by atoms with Crippen LogP contribution in [-0.2, 0) is 17.8 Å². The van der Waals surface area contributed by atoms with Crippen molar-refractivity contribution in [3.63, 3.8) is 0 Å².